The normalized spacial score (nSPS) is 11.5. The van der Waals surface area contributed by atoms with Crippen molar-refractivity contribution >= 4 is 72.2 Å². The number of rotatable bonds is 6. The van der Waals surface area contributed by atoms with E-state index in [1.54, 1.807) is 30.3 Å². The van der Waals surface area contributed by atoms with Crippen LogP contribution >= 0.6 is 34.7 Å². The molecule has 0 fully saturated rings. The van der Waals surface area contributed by atoms with Crippen LogP contribution in [0, 0.1) is 6.92 Å². The van der Waals surface area contributed by atoms with Crippen molar-refractivity contribution in [3.63, 3.8) is 0 Å². The molecule has 2 aromatic carbocycles. The lowest BCUT2D eigenvalue weighted by Crippen LogP contribution is -2.13. The second-order valence-corrected chi connectivity index (χ2v) is 10.2. The second-order valence-electron chi connectivity index (χ2n) is 5.84. The predicted octanol–water partition coefficient (Wildman–Crippen LogP) is 4.36. The molecule has 0 bridgehead atoms. The number of thioether (sulfide) groups is 1. The Labute approximate surface area is 170 Å². The summed E-state index contributed by atoms with van der Waals surface area (Å²) in [6.07, 6.45) is 1.10. The van der Waals surface area contributed by atoms with Gasteiger partial charge >= 0.3 is 0 Å². The van der Waals surface area contributed by atoms with Gasteiger partial charge in [-0.3, -0.25) is 9.52 Å². The molecular formula is C17H16ClN3O3S3. The van der Waals surface area contributed by atoms with Crippen LogP contribution < -0.4 is 10.0 Å². The molecule has 1 heterocycles. The Hall–Kier alpha value is -1.81. The summed E-state index contributed by atoms with van der Waals surface area (Å²) in [5.41, 5.74) is 2.84. The number of carbonyl (C=O) groups is 1. The molecule has 0 unspecified atom stereocenters. The van der Waals surface area contributed by atoms with Gasteiger partial charge in [-0.2, -0.15) is 0 Å². The highest BCUT2D eigenvalue weighted by atomic mass is 35.5. The summed E-state index contributed by atoms with van der Waals surface area (Å²) in [7, 11) is -3.33. The van der Waals surface area contributed by atoms with E-state index < -0.39 is 10.0 Å². The summed E-state index contributed by atoms with van der Waals surface area (Å²) in [6, 6.07) is 10.5. The van der Waals surface area contributed by atoms with Gasteiger partial charge in [0.25, 0.3) is 0 Å². The van der Waals surface area contributed by atoms with Gasteiger partial charge in [0.2, 0.25) is 15.9 Å². The number of thiazole rings is 1. The molecule has 0 saturated heterocycles. The fourth-order valence-electron chi connectivity index (χ4n) is 2.24. The summed E-state index contributed by atoms with van der Waals surface area (Å²) < 4.78 is 26.7. The molecule has 10 heteroatoms. The topological polar surface area (TPSA) is 88.2 Å². The number of amides is 1. The van der Waals surface area contributed by atoms with Crippen molar-refractivity contribution in [2.24, 2.45) is 0 Å². The van der Waals surface area contributed by atoms with E-state index in [1.807, 2.05) is 13.0 Å². The average molecular weight is 442 g/mol. The molecule has 27 heavy (non-hydrogen) atoms. The van der Waals surface area contributed by atoms with Gasteiger partial charge in [0.05, 0.1) is 27.9 Å². The third kappa shape index (κ3) is 5.58. The maximum absolute atomic E-state index is 12.1. The molecule has 1 amide bonds. The molecule has 1 aromatic heterocycles. The summed E-state index contributed by atoms with van der Waals surface area (Å²) in [5.74, 6) is 0.0540. The van der Waals surface area contributed by atoms with Crippen LogP contribution in [0.1, 0.15) is 5.56 Å². The number of sulfonamides is 1. The first-order valence-corrected chi connectivity index (χ1v) is 11.8. The van der Waals surface area contributed by atoms with Crippen LogP contribution in [0.5, 0.6) is 0 Å². The van der Waals surface area contributed by atoms with Crippen molar-refractivity contribution in [3.05, 3.63) is 47.0 Å². The molecule has 0 aliphatic heterocycles. The highest BCUT2D eigenvalue weighted by Crippen LogP contribution is 2.31. The first-order valence-electron chi connectivity index (χ1n) is 7.77. The van der Waals surface area contributed by atoms with Crippen LogP contribution in [-0.4, -0.2) is 31.3 Å². The number of halogens is 1. The van der Waals surface area contributed by atoms with Crippen LogP contribution in [0.15, 0.2) is 40.7 Å². The lowest BCUT2D eigenvalue weighted by Gasteiger charge is -2.06. The Bertz CT molecular complexity index is 1110. The SMILES string of the molecule is Cc1ccc(NC(=O)CSc2nc3ccc(NS(C)(=O)=O)cc3s2)cc1Cl. The first-order chi connectivity index (χ1) is 12.7. The predicted molar refractivity (Wildman–Crippen MR) is 114 cm³/mol. The number of benzene rings is 2. The Kier molecular flexibility index (Phi) is 5.95. The minimum atomic E-state index is -3.33. The highest BCUT2D eigenvalue weighted by molar-refractivity contribution is 8.01. The summed E-state index contributed by atoms with van der Waals surface area (Å²) in [5, 5.41) is 3.41. The second kappa shape index (κ2) is 8.05. The molecule has 0 saturated carbocycles. The van der Waals surface area contributed by atoms with E-state index in [1.165, 1.54) is 23.1 Å². The summed E-state index contributed by atoms with van der Waals surface area (Å²) in [6.45, 7) is 1.90. The molecule has 2 N–H and O–H groups in total. The number of anilines is 2. The number of aromatic nitrogens is 1. The monoisotopic (exact) mass is 441 g/mol. The van der Waals surface area contributed by atoms with Gasteiger partial charge in [-0.1, -0.05) is 29.4 Å². The molecule has 3 rings (SSSR count). The van der Waals surface area contributed by atoms with Crippen molar-refractivity contribution in [1.29, 1.82) is 0 Å². The van der Waals surface area contributed by atoms with Gasteiger partial charge in [-0.25, -0.2) is 13.4 Å². The van der Waals surface area contributed by atoms with Crippen molar-refractivity contribution in [2.45, 2.75) is 11.3 Å². The van der Waals surface area contributed by atoms with Gasteiger partial charge in [0, 0.05) is 10.7 Å². The van der Waals surface area contributed by atoms with Crippen molar-refractivity contribution < 1.29 is 13.2 Å². The fraction of sp³-hybridized carbons (Fsp3) is 0.176. The van der Waals surface area contributed by atoms with Crippen LogP contribution in [0.4, 0.5) is 11.4 Å². The average Bonchev–Trinajstić information content (AvgIpc) is 2.97. The van der Waals surface area contributed by atoms with E-state index in [0.29, 0.717) is 16.4 Å². The van der Waals surface area contributed by atoms with Crippen LogP contribution in [0.25, 0.3) is 10.2 Å². The molecule has 0 aliphatic carbocycles. The van der Waals surface area contributed by atoms with E-state index in [9.17, 15) is 13.2 Å². The smallest absolute Gasteiger partial charge is 0.234 e. The molecule has 0 spiro atoms. The molecule has 6 nitrogen and oxygen atoms in total. The standard InChI is InChI=1S/C17H16ClN3O3S3/c1-10-3-4-11(7-13(10)18)19-16(22)9-25-17-20-14-6-5-12(8-15(14)26-17)21-27(2,23)24/h3-8,21H,9H2,1-2H3,(H,19,22). The van der Waals surface area contributed by atoms with Gasteiger partial charge in [0.15, 0.2) is 4.34 Å². The molecule has 0 atom stereocenters. The Morgan fingerprint density at radius 3 is 2.67 bits per heavy atom. The zero-order valence-electron chi connectivity index (χ0n) is 14.4. The number of aryl methyl sites for hydroxylation is 1. The minimum Gasteiger partial charge on any atom is -0.325 e. The zero-order chi connectivity index (χ0) is 19.6. The largest absolute Gasteiger partial charge is 0.325 e. The molecule has 142 valence electrons. The minimum absolute atomic E-state index is 0.154. The maximum Gasteiger partial charge on any atom is 0.234 e. The van der Waals surface area contributed by atoms with Crippen LogP contribution in [-0.2, 0) is 14.8 Å². The number of nitrogens with zero attached hydrogens (tertiary/aromatic N) is 1. The molecule has 0 aliphatic rings. The number of nitrogens with one attached hydrogen (secondary N) is 2. The Morgan fingerprint density at radius 1 is 1.22 bits per heavy atom. The summed E-state index contributed by atoms with van der Waals surface area (Å²) >= 11 is 8.79. The van der Waals surface area contributed by atoms with Gasteiger partial charge in [-0.05, 0) is 42.8 Å². The quantitative estimate of drug-likeness (QED) is 0.555. The van der Waals surface area contributed by atoms with E-state index in [2.05, 4.69) is 15.0 Å². The van der Waals surface area contributed by atoms with E-state index in [0.717, 1.165) is 26.4 Å². The number of carbonyl (C=O) groups excluding carboxylic acids is 1. The van der Waals surface area contributed by atoms with E-state index in [4.69, 9.17) is 11.6 Å². The number of fused-ring (bicyclic) bond motifs is 1. The van der Waals surface area contributed by atoms with Gasteiger partial charge in [0.1, 0.15) is 0 Å². The maximum atomic E-state index is 12.1. The number of hydrogen-bond acceptors (Lipinski definition) is 6. The van der Waals surface area contributed by atoms with Crippen LogP contribution in [0.2, 0.25) is 5.02 Å². The lowest BCUT2D eigenvalue weighted by molar-refractivity contribution is -0.113. The zero-order valence-corrected chi connectivity index (χ0v) is 17.7. The third-order valence-electron chi connectivity index (χ3n) is 3.45. The summed E-state index contributed by atoms with van der Waals surface area (Å²) in [4.78, 5) is 16.6. The fourth-order valence-corrected chi connectivity index (χ4v) is 4.88. The third-order valence-corrected chi connectivity index (χ3v) is 6.63. The van der Waals surface area contributed by atoms with Crippen molar-refractivity contribution in [2.75, 3.05) is 22.0 Å². The van der Waals surface area contributed by atoms with Gasteiger partial charge < -0.3 is 5.32 Å². The first kappa shape index (κ1) is 19.9. The lowest BCUT2D eigenvalue weighted by atomic mass is 10.2. The Morgan fingerprint density at radius 2 is 1.96 bits per heavy atom. The van der Waals surface area contributed by atoms with E-state index >= 15 is 0 Å². The highest BCUT2D eigenvalue weighted by Gasteiger charge is 2.10. The van der Waals surface area contributed by atoms with Crippen LogP contribution in [0.3, 0.4) is 0 Å². The number of hydrogen-bond donors (Lipinski definition) is 2. The van der Waals surface area contributed by atoms with E-state index in [-0.39, 0.29) is 11.7 Å². The van der Waals surface area contributed by atoms with Crippen molar-refractivity contribution in [1.82, 2.24) is 4.98 Å². The molecule has 0 radical (unpaired) electrons. The molecule has 3 aromatic rings. The molecular weight excluding hydrogens is 426 g/mol. The van der Waals surface area contributed by atoms with Gasteiger partial charge in [-0.15, -0.1) is 11.3 Å². The van der Waals surface area contributed by atoms with Crippen molar-refractivity contribution in [3.8, 4) is 0 Å². The Balaban J connectivity index is 1.64.